The maximum absolute atomic E-state index is 6.91. The molecule has 0 N–H and O–H groups in total. The molecule has 1 aliphatic heterocycles. The monoisotopic (exact) mass is 805 g/mol. The van der Waals surface area contributed by atoms with Gasteiger partial charge in [0.05, 0.1) is 5.41 Å². The molecule has 12 rings (SSSR count). The lowest BCUT2D eigenvalue weighted by Crippen LogP contribution is -2.32. The maximum Gasteiger partial charge on any atom is 0.132 e. The van der Waals surface area contributed by atoms with Crippen molar-refractivity contribution < 1.29 is 4.74 Å². The number of fused-ring (bicyclic) bond motifs is 9. The van der Waals surface area contributed by atoms with E-state index in [1.165, 1.54) is 61.2 Å². The molecule has 63 heavy (non-hydrogen) atoms. The summed E-state index contributed by atoms with van der Waals surface area (Å²) in [4.78, 5) is 2.36. The summed E-state index contributed by atoms with van der Waals surface area (Å²) in [5.74, 6) is 1.80. The van der Waals surface area contributed by atoms with Crippen LogP contribution in [0.3, 0.4) is 0 Å². The second-order valence-corrected chi connectivity index (χ2v) is 16.7. The highest BCUT2D eigenvalue weighted by Crippen LogP contribution is 2.62. The first-order valence-electron chi connectivity index (χ1n) is 22.0. The average molecular weight is 806 g/mol. The lowest BCUT2D eigenvalue weighted by Gasteiger charge is -2.40. The highest BCUT2D eigenvalue weighted by atomic mass is 16.5. The smallest absolute Gasteiger partial charge is 0.132 e. The van der Waals surface area contributed by atoms with Crippen molar-refractivity contribution in [1.82, 2.24) is 0 Å². The van der Waals surface area contributed by atoms with Gasteiger partial charge in [-0.05, 0) is 140 Å². The molecular formula is C61H43NO. The van der Waals surface area contributed by atoms with E-state index in [1.54, 1.807) is 0 Å². The summed E-state index contributed by atoms with van der Waals surface area (Å²) in [5.41, 5.74) is 19.7. The molecule has 0 saturated carbocycles. The molecular weight excluding hydrogens is 763 g/mol. The average Bonchev–Trinajstić information content (AvgIpc) is 3.66. The number of ether oxygens (including phenoxy) is 1. The molecule has 2 heteroatoms. The minimum atomic E-state index is -0.562. The second-order valence-electron chi connectivity index (χ2n) is 16.7. The summed E-state index contributed by atoms with van der Waals surface area (Å²) in [7, 11) is 0. The Morgan fingerprint density at radius 2 is 0.825 bits per heavy atom. The SMILES string of the molecule is C1=CC(c2ccc3c(c2)C2(c4cc(-c5ccc(N(c6ccc(-c7ccccc7)cc6)c6cccc(-c7ccccc7)c6)cc5)ccc4O3)c3ccccc3-c3ccccc32)=CCC1. The van der Waals surface area contributed by atoms with Crippen molar-refractivity contribution in [3.8, 4) is 56.0 Å². The van der Waals surface area contributed by atoms with Gasteiger partial charge in [-0.25, -0.2) is 0 Å². The number of hydrogen-bond acceptors (Lipinski definition) is 2. The van der Waals surface area contributed by atoms with E-state index in [9.17, 15) is 0 Å². The Hall–Kier alpha value is -7.94. The van der Waals surface area contributed by atoms with Crippen LogP contribution >= 0.6 is 0 Å². The lowest BCUT2D eigenvalue weighted by atomic mass is 9.65. The Bertz CT molecular complexity index is 3190. The molecule has 0 radical (unpaired) electrons. The van der Waals surface area contributed by atoms with Gasteiger partial charge in [0.15, 0.2) is 0 Å². The van der Waals surface area contributed by atoms with E-state index in [4.69, 9.17) is 4.74 Å². The fourth-order valence-electron chi connectivity index (χ4n) is 10.2. The molecule has 0 aromatic heterocycles. The molecule has 0 atom stereocenters. The Kier molecular flexibility index (Phi) is 8.90. The largest absolute Gasteiger partial charge is 0.457 e. The fraction of sp³-hybridized carbons (Fsp3) is 0.0492. The van der Waals surface area contributed by atoms with Crippen LogP contribution in [0.1, 0.15) is 40.7 Å². The van der Waals surface area contributed by atoms with Crippen molar-refractivity contribution in [3.63, 3.8) is 0 Å². The van der Waals surface area contributed by atoms with Gasteiger partial charge in [-0.2, -0.15) is 0 Å². The van der Waals surface area contributed by atoms with Gasteiger partial charge in [0.2, 0.25) is 0 Å². The fourth-order valence-corrected chi connectivity index (χ4v) is 10.2. The standard InChI is InChI=1S/C61H43NO/c1-4-15-42(16-5-1)45-27-33-50(34-28-45)62(52-22-14-21-47(39-52)43-17-6-2-7-18-43)51-35-29-46(30-36-51)49-32-38-60-58(41-49)61(55-25-12-10-23-53(55)54-24-11-13-26-56(54)61)57-40-48(31-37-59(57)63-60)44-19-8-3-9-20-44/h1-2,4-8,10-41H,3,9H2. The number of allylic oxidation sites excluding steroid dienone is 4. The van der Waals surface area contributed by atoms with E-state index < -0.39 is 5.41 Å². The third kappa shape index (κ3) is 6.17. The minimum absolute atomic E-state index is 0.562. The van der Waals surface area contributed by atoms with Gasteiger partial charge in [0, 0.05) is 28.2 Å². The van der Waals surface area contributed by atoms with Gasteiger partial charge in [-0.3, -0.25) is 0 Å². The molecule has 1 spiro atoms. The van der Waals surface area contributed by atoms with Crippen molar-refractivity contribution in [3.05, 3.63) is 264 Å². The molecule has 0 unspecified atom stereocenters. The molecule has 2 nitrogen and oxygen atoms in total. The van der Waals surface area contributed by atoms with Crippen LogP contribution in [0.2, 0.25) is 0 Å². The summed E-state index contributed by atoms with van der Waals surface area (Å²) in [6, 6.07) is 79.5. The molecule has 0 fully saturated rings. The van der Waals surface area contributed by atoms with Gasteiger partial charge >= 0.3 is 0 Å². The zero-order valence-corrected chi connectivity index (χ0v) is 34.8. The Balaban J connectivity index is 0.985. The summed E-state index contributed by atoms with van der Waals surface area (Å²) >= 11 is 0. The van der Waals surface area contributed by atoms with Crippen LogP contribution in [0, 0.1) is 0 Å². The Morgan fingerprint density at radius 1 is 0.349 bits per heavy atom. The number of nitrogens with zero attached hydrogens (tertiary/aromatic N) is 1. The summed E-state index contributed by atoms with van der Waals surface area (Å²) < 4.78 is 6.91. The predicted molar refractivity (Wildman–Crippen MR) is 261 cm³/mol. The van der Waals surface area contributed by atoms with Crippen LogP contribution < -0.4 is 9.64 Å². The van der Waals surface area contributed by atoms with E-state index in [1.807, 2.05) is 0 Å². The molecule has 0 amide bonds. The first kappa shape index (κ1) is 36.9. The molecule has 9 aromatic carbocycles. The van der Waals surface area contributed by atoms with E-state index >= 15 is 0 Å². The van der Waals surface area contributed by atoms with Crippen molar-refractivity contribution >= 4 is 22.6 Å². The van der Waals surface area contributed by atoms with Gasteiger partial charge in [-0.1, -0.05) is 176 Å². The summed E-state index contributed by atoms with van der Waals surface area (Å²) in [5, 5.41) is 0. The van der Waals surface area contributed by atoms with Crippen molar-refractivity contribution in [1.29, 1.82) is 0 Å². The van der Waals surface area contributed by atoms with Crippen LogP contribution in [-0.2, 0) is 5.41 Å². The quantitative estimate of drug-likeness (QED) is 0.159. The molecule has 0 saturated heterocycles. The summed E-state index contributed by atoms with van der Waals surface area (Å²) in [6.45, 7) is 0. The zero-order valence-electron chi connectivity index (χ0n) is 34.8. The van der Waals surface area contributed by atoms with E-state index in [2.05, 4.69) is 242 Å². The lowest BCUT2D eigenvalue weighted by molar-refractivity contribution is 0.436. The minimum Gasteiger partial charge on any atom is -0.457 e. The van der Waals surface area contributed by atoms with E-state index in [0.717, 1.165) is 58.1 Å². The molecule has 298 valence electrons. The van der Waals surface area contributed by atoms with Crippen LogP contribution in [0.15, 0.2) is 237 Å². The van der Waals surface area contributed by atoms with Gasteiger partial charge in [-0.15, -0.1) is 0 Å². The van der Waals surface area contributed by atoms with Crippen LogP contribution in [-0.4, -0.2) is 0 Å². The normalized spacial score (nSPS) is 13.9. The maximum atomic E-state index is 6.91. The van der Waals surface area contributed by atoms with Crippen LogP contribution in [0.4, 0.5) is 17.1 Å². The van der Waals surface area contributed by atoms with Crippen LogP contribution in [0.25, 0.3) is 50.1 Å². The highest BCUT2D eigenvalue weighted by Gasteiger charge is 2.51. The number of rotatable bonds is 7. The number of benzene rings is 9. The molecule has 1 heterocycles. The number of hydrogen-bond donors (Lipinski definition) is 0. The van der Waals surface area contributed by atoms with Crippen LogP contribution in [0.5, 0.6) is 11.5 Å². The third-order valence-electron chi connectivity index (χ3n) is 13.2. The highest BCUT2D eigenvalue weighted by molar-refractivity contribution is 5.90. The van der Waals surface area contributed by atoms with E-state index in [-0.39, 0.29) is 0 Å². The predicted octanol–water partition coefficient (Wildman–Crippen LogP) is 16.4. The first-order valence-corrected chi connectivity index (χ1v) is 22.0. The third-order valence-corrected chi connectivity index (χ3v) is 13.2. The zero-order chi connectivity index (χ0) is 41.7. The Morgan fingerprint density at radius 3 is 1.43 bits per heavy atom. The van der Waals surface area contributed by atoms with Gasteiger partial charge in [0.25, 0.3) is 0 Å². The van der Waals surface area contributed by atoms with Crippen molar-refractivity contribution in [2.24, 2.45) is 0 Å². The van der Waals surface area contributed by atoms with Gasteiger partial charge in [0.1, 0.15) is 11.5 Å². The topological polar surface area (TPSA) is 12.5 Å². The summed E-state index contributed by atoms with van der Waals surface area (Å²) in [6.07, 6.45) is 9.07. The second kappa shape index (κ2) is 15.2. The van der Waals surface area contributed by atoms with E-state index in [0.29, 0.717) is 0 Å². The molecule has 3 aliphatic rings. The molecule has 2 aliphatic carbocycles. The molecule has 9 aromatic rings. The Labute approximate surface area is 369 Å². The van der Waals surface area contributed by atoms with Crippen molar-refractivity contribution in [2.75, 3.05) is 4.90 Å². The first-order chi connectivity index (χ1) is 31.2. The number of anilines is 3. The van der Waals surface area contributed by atoms with Crippen molar-refractivity contribution in [2.45, 2.75) is 18.3 Å². The molecule has 0 bridgehead atoms. The van der Waals surface area contributed by atoms with Gasteiger partial charge < -0.3 is 9.64 Å².